The van der Waals surface area contributed by atoms with E-state index in [4.69, 9.17) is 23.2 Å². The Hall–Kier alpha value is -1.67. The van der Waals surface area contributed by atoms with Gasteiger partial charge >= 0.3 is 5.69 Å². The monoisotopic (exact) mass is 344 g/mol. The predicted octanol–water partition coefficient (Wildman–Crippen LogP) is 0.320. The van der Waals surface area contributed by atoms with Gasteiger partial charge in [0.2, 0.25) is 0 Å². The van der Waals surface area contributed by atoms with Crippen molar-refractivity contribution in [2.45, 2.75) is 36.1 Å². The number of halogens is 2. The smallest absolute Gasteiger partial charge is 0.346 e. The lowest BCUT2D eigenvalue weighted by Crippen LogP contribution is -2.47. The number of nitrogens with one attached hydrogen (secondary N) is 1. The van der Waals surface area contributed by atoms with Gasteiger partial charge in [0.15, 0.2) is 11.3 Å². The van der Waals surface area contributed by atoms with E-state index in [9.17, 15) is 9.59 Å². The highest BCUT2D eigenvalue weighted by Crippen LogP contribution is 2.28. The molecule has 1 saturated carbocycles. The van der Waals surface area contributed by atoms with Gasteiger partial charge in [-0.15, -0.1) is 28.3 Å². The molecule has 22 heavy (non-hydrogen) atoms. The number of imidazole rings is 1. The number of hydrogen-bond acceptors (Lipinski definition) is 5. The highest BCUT2D eigenvalue weighted by Gasteiger charge is 2.32. The molecule has 3 rings (SSSR count). The summed E-state index contributed by atoms with van der Waals surface area (Å²) in [6, 6.07) is -0.235. The number of carbonyl (C=O) groups excluding carboxylic acids is 1. The molecule has 1 fully saturated rings. The van der Waals surface area contributed by atoms with Crippen LogP contribution in [0.5, 0.6) is 0 Å². The van der Waals surface area contributed by atoms with Gasteiger partial charge in [0, 0.05) is 13.1 Å². The van der Waals surface area contributed by atoms with Crippen molar-refractivity contribution < 1.29 is 4.79 Å². The van der Waals surface area contributed by atoms with E-state index in [1.807, 2.05) is 0 Å². The number of hydrogen-bond donors (Lipinski definition) is 1. The topological polar surface area (TPSA) is 94.2 Å². The number of carbonyl (C=O) groups is 1. The maximum atomic E-state index is 12.4. The van der Waals surface area contributed by atoms with Crippen LogP contribution in [0.25, 0.3) is 5.65 Å². The van der Waals surface area contributed by atoms with Crippen molar-refractivity contribution in [3.8, 4) is 0 Å². The summed E-state index contributed by atoms with van der Waals surface area (Å²) < 4.78 is 2.23. The standard InChI is InChI=1S/C12H14Cl2N6O2/c1-19-12(22)20-5-15-9(10(20)17-18-19)11(21)16-7-4-2-3-6(13)8(7)14/h5-8H,2-4H2,1H3,(H,16,21). The number of rotatable bonds is 2. The average molecular weight is 345 g/mol. The first-order chi connectivity index (χ1) is 10.5. The molecule has 0 aromatic carbocycles. The van der Waals surface area contributed by atoms with Crippen LogP contribution in [0, 0.1) is 0 Å². The van der Waals surface area contributed by atoms with Gasteiger partial charge in [-0.05, 0) is 19.3 Å². The minimum atomic E-state index is -0.438. The molecule has 1 aliphatic rings. The molecule has 0 aliphatic heterocycles. The van der Waals surface area contributed by atoms with Gasteiger partial charge in [0.25, 0.3) is 5.91 Å². The first-order valence-corrected chi connectivity index (χ1v) is 7.72. The molecule has 2 aromatic heterocycles. The Morgan fingerprint density at radius 2 is 2.18 bits per heavy atom. The Labute approximate surface area is 135 Å². The molecule has 3 unspecified atom stereocenters. The highest BCUT2D eigenvalue weighted by atomic mass is 35.5. The molecule has 1 aliphatic carbocycles. The van der Waals surface area contributed by atoms with E-state index in [0.29, 0.717) is 0 Å². The molecular weight excluding hydrogens is 331 g/mol. The summed E-state index contributed by atoms with van der Waals surface area (Å²) in [4.78, 5) is 28.2. The molecule has 0 saturated heterocycles. The summed E-state index contributed by atoms with van der Waals surface area (Å²) in [7, 11) is 1.47. The van der Waals surface area contributed by atoms with E-state index in [1.54, 1.807) is 0 Å². The molecule has 2 heterocycles. The Morgan fingerprint density at radius 3 is 2.95 bits per heavy atom. The van der Waals surface area contributed by atoms with Crippen molar-refractivity contribution in [1.29, 1.82) is 0 Å². The lowest BCUT2D eigenvalue weighted by atomic mass is 9.94. The van der Waals surface area contributed by atoms with E-state index in [0.717, 1.165) is 23.9 Å². The van der Waals surface area contributed by atoms with Gasteiger partial charge in [0.1, 0.15) is 6.33 Å². The van der Waals surface area contributed by atoms with Gasteiger partial charge in [-0.3, -0.25) is 4.79 Å². The van der Waals surface area contributed by atoms with Crippen molar-refractivity contribution >= 4 is 34.8 Å². The Bertz CT molecular complexity index is 773. The predicted molar refractivity (Wildman–Crippen MR) is 80.4 cm³/mol. The summed E-state index contributed by atoms with van der Waals surface area (Å²) in [5.41, 5.74) is -0.263. The SMILES string of the molecule is Cn1nnc2c(C(=O)NC3CCCC(Cl)C3Cl)ncn2c1=O. The summed E-state index contributed by atoms with van der Waals surface area (Å²) >= 11 is 12.4. The van der Waals surface area contributed by atoms with E-state index >= 15 is 0 Å². The number of amides is 1. The number of alkyl halides is 2. The van der Waals surface area contributed by atoms with Crippen LogP contribution in [0.2, 0.25) is 0 Å². The molecule has 0 spiro atoms. The summed E-state index contributed by atoms with van der Waals surface area (Å²) in [5, 5.41) is 9.81. The summed E-state index contributed by atoms with van der Waals surface area (Å²) in [6.07, 6.45) is 3.73. The van der Waals surface area contributed by atoms with Crippen LogP contribution in [0.1, 0.15) is 29.8 Å². The second-order valence-corrected chi connectivity index (χ2v) is 6.32. The Morgan fingerprint density at radius 1 is 1.41 bits per heavy atom. The Balaban J connectivity index is 1.87. The van der Waals surface area contributed by atoms with Crippen LogP contribution in [-0.2, 0) is 7.05 Å². The first kappa shape index (κ1) is 15.2. The first-order valence-electron chi connectivity index (χ1n) is 6.85. The molecule has 118 valence electrons. The van der Waals surface area contributed by atoms with Crippen LogP contribution >= 0.6 is 23.2 Å². The third-order valence-electron chi connectivity index (χ3n) is 3.76. The van der Waals surface area contributed by atoms with Gasteiger partial charge < -0.3 is 5.32 Å². The molecule has 0 bridgehead atoms. The third kappa shape index (κ3) is 2.56. The van der Waals surface area contributed by atoms with Crippen LogP contribution in [0.3, 0.4) is 0 Å². The molecule has 3 atom stereocenters. The zero-order chi connectivity index (χ0) is 15.9. The molecule has 1 N–H and O–H groups in total. The fraction of sp³-hybridized carbons (Fsp3) is 0.583. The van der Waals surface area contributed by atoms with Crippen molar-refractivity contribution in [2.75, 3.05) is 0 Å². The quantitative estimate of drug-likeness (QED) is 0.791. The second kappa shape index (κ2) is 5.85. The lowest BCUT2D eigenvalue weighted by Gasteiger charge is -2.31. The Kier molecular flexibility index (Phi) is 4.05. The van der Waals surface area contributed by atoms with Gasteiger partial charge in [-0.1, -0.05) is 5.21 Å². The average Bonchev–Trinajstić information content (AvgIpc) is 2.92. The minimum Gasteiger partial charge on any atom is -0.346 e. The van der Waals surface area contributed by atoms with E-state index in [1.165, 1.54) is 17.8 Å². The molecule has 0 radical (unpaired) electrons. The zero-order valence-electron chi connectivity index (χ0n) is 11.7. The molecule has 10 heteroatoms. The van der Waals surface area contributed by atoms with Crippen LogP contribution in [-0.4, -0.2) is 47.1 Å². The van der Waals surface area contributed by atoms with Crippen LogP contribution < -0.4 is 11.0 Å². The minimum absolute atomic E-state index is 0.0470. The highest BCUT2D eigenvalue weighted by molar-refractivity contribution is 6.30. The summed E-state index contributed by atoms with van der Waals surface area (Å²) in [5.74, 6) is -0.438. The fourth-order valence-corrected chi connectivity index (χ4v) is 3.18. The van der Waals surface area contributed by atoms with E-state index < -0.39 is 11.6 Å². The number of aryl methyl sites for hydroxylation is 1. The van der Waals surface area contributed by atoms with Gasteiger partial charge in [-0.25, -0.2) is 14.2 Å². The van der Waals surface area contributed by atoms with Crippen molar-refractivity contribution in [3.63, 3.8) is 0 Å². The summed E-state index contributed by atoms with van der Waals surface area (Å²) in [6.45, 7) is 0. The third-order valence-corrected chi connectivity index (χ3v) is 4.98. The number of nitrogens with zero attached hydrogens (tertiary/aromatic N) is 5. The number of aromatic nitrogens is 5. The zero-order valence-corrected chi connectivity index (χ0v) is 13.3. The van der Waals surface area contributed by atoms with Gasteiger partial charge in [0.05, 0.1) is 10.8 Å². The molecular formula is C12H14Cl2N6O2. The van der Waals surface area contributed by atoms with E-state index in [2.05, 4.69) is 20.6 Å². The van der Waals surface area contributed by atoms with E-state index in [-0.39, 0.29) is 28.1 Å². The molecule has 8 nitrogen and oxygen atoms in total. The largest absolute Gasteiger partial charge is 0.352 e. The number of fused-ring (bicyclic) bond motifs is 1. The van der Waals surface area contributed by atoms with Crippen LogP contribution in [0.4, 0.5) is 0 Å². The maximum absolute atomic E-state index is 12.4. The second-order valence-electron chi connectivity index (χ2n) is 5.25. The van der Waals surface area contributed by atoms with Crippen molar-refractivity contribution in [3.05, 3.63) is 22.5 Å². The lowest BCUT2D eigenvalue weighted by molar-refractivity contribution is 0.0926. The molecule has 1 amide bonds. The van der Waals surface area contributed by atoms with Crippen molar-refractivity contribution in [2.24, 2.45) is 7.05 Å². The molecule has 2 aromatic rings. The fourth-order valence-electron chi connectivity index (χ4n) is 2.53. The van der Waals surface area contributed by atoms with Gasteiger partial charge in [-0.2, -0.15) is 4.68 Å². The van der Waals surface area contributed by atoms with Crippen molar-refractivity contribution in [1.82, 2.24) is 29.7 Å². The maximum Gasteiger partial charge on any atom is 0.352 e. The van der Waals surface area contributed by atoms with Crippen LogP contribution in [0.15, 0.2) is 11.1 Å². The normalized spacial score (nSPS) is 25.3.